The molecule has 1 aliphatic heterocycles. The van der Waals surface area contributed by atoms with Gasteiger partial charge in [0.2, 0.25) is 0 Å². The van der Waals surface area contributed by atoms with Crippen LogP contribution >= 0.6 is 11.3 Å². The van der Waals surface area contributed by atoms with E-state index in [2.05, 4.69) is 19.9 Å². The first-order chi connectivity index (χ1) is 21.4. The monoisotopic (exact) mass is 631 g/mol. The molecule has 0 amide bonds. The summed E-state index contributed by atoms with van der Waals surface area (Å²) in [6, 6.07) is 16.5. The number of rotatable bonds is 14. The highest BCUT2D eigenvalue weighted by Gasteiger charge is 2.26. The van der Waals surface area contributed by atoms with Gasteiger partial charge < -0.3 is 15.3 Å². The summed E-state index contributed by atoms with van der Waals surface area (Å²) in [5.41, 5.74) is 4.46. The molecular formula is C34H41N5O3S2. The van der Waals surface area contributed by atoms with Crippen LogP contribution in [0, 0.1) is 5.92 Å². The average Bonchev–Trinajstić information content (AvgIpc) is 3.82. The number of fused-ring (bicyclic) bond motifs is 1. The van der Waals surface area contributed by atoms with Gasteiger partial charge in [-0.05, 0) is 85.7 Å². The van der Waals surface area contributed by atoms with Crippen molar-refractivity contribution in [1.82, 2.24) is 15.3 Å². The van der Waals surface area contributed by atoms with Crippen molar-refractivity contribution in [2.45, 2.75) is 68.8 Å². The number of hydrogen-bond acceptors (Lipinski definition) is 8. The quantitative estimate of drug-likeness (QED) is 0.138. The highest BCUT2D eigenvalue weighted by Crippen LogP contribution is 2.38. The molecular weight excluding hydrogens is 591 g/mol. The molecule has 2 aromatic carbocycles. The number of nitrogens with zero attached hydrogens (tertiary/aromatic N) is 3. The van der Waals surface area contributed by atoms with E-state index >= 15 is 0 Å². The van der Waals surface area contributed by atoms with Gasteiger partial charge in [0.1, 0.15) is 0 Å². The van der Waals surface area contributed by atoms with E-state index in [1.165, 1.54) is 43.4 Å². The van der Waals surface area contributed by atoms with Crippen LogP contribution in [0.15, 0.2) is 78.1 Å². The van der Waals surface area contributed by atoms with Crippen molar-refractivity contribution in [3.05, 3.63) is 94.8 Å². The standard InChI is InChI=1S/C34H41N5O3S2/c40-33(28-8-4-18-35-22-28)24-36-19-16-26-10-12-29(13-11-26)38-44(41,42)31-14-15-32-27(21-31)17-20-39(32)34-37-23-30(43-34)9-3-7-25-5-1-2-6-25/h4,8,10-15,18,21-23,25,33,36,38,40H,1-3,5-7,9,16-17,19-20,24H2. The Hall–Kier alpha value is -3.31. The van der Waals surface area contributed by atoms with Gasteiger partial charge in [0, 0.05) is 53.5 Å². The van der Waals surface area contributed by atoms with Gasteiger partial charge in [-0.3, -0.25) is 9.71 Å². The first-order valence-corrected chi connectivity index (χ1v) is 18.0. The summed E-state index contributed by atoms with van der Waals surface area (Å²) in [6.45, 7) is 1.94. The second-order valence-corrected chi connectivity index (χ2v) is 14.7. The lowest BCUT2D eigenvalue weighted by atomic mass is 10.0. The zero-order valence-electron chi connectivity index (χ0n) is 25.0. The van der Waals surface area contributed by atoms with Crippen LogP contribution in [0.3, 0.4) is 0 Å². The first kappa shape index (κ1) is 30.7. The molecule has 1 aliphatic carbocycles. The molecule has 0 saturated heterocycles. The number of aliphatic hydroxyl groups excluding tert-OH is 1. The van der Waals surface area contributed by atoms with Crippen LogP contribution < -0.4 is 14.9 Å². The summed E-state index contributed by atoms with van der Waals surface area (Å²) >= 11 is 1.76. The van der Waals surface area contributed by atoms with Crippen LogP contribution in [0.4, 0.5) is 16.5 Å². The summed E-state index contributed by atoms with van der Waals surface area (Å²) in [5.74, 6) is 0.922. The van der Waals surface area contributed by atoms with Crippen LogP contribution in [0.25, 0.3) is 0 Å². The average molecular weight is 632 g/mol. The molecule has 2 aromatic heterocycles. The maximum atomic E-state index is 13.3. The minimum Gasteiger partial charge on any atom is -0.387 e. The number of anilines is 3. The molecule has 1 atom stereocenters. The van der Waals surface area contributed by atoms with E-state index in [-0.39, 0.29) is 4.90 Å². The second kappa shape index (κ2) is 14.2. The number of aryl methyl sites for hydroxylation is 1. The number of aromatic nitrogens is 2. The topological polar surface area (TPSA) is 107 Å². The van der Waals surface area contributed by atoms with E-state index in [1.54, 1.807) is 48.0 Å². The van der Waals surface area contributed by atoms with Crippen molar-refractivity contribution in [3.8, 4) is 0 Å². The maximum absolute atomic E-state index is 13.3. The van der Waals surface area contributed by atoms with Gasteiger partial charge in [0.05, 0.1) is 11.0 Å². The number of benzene rings is 2. The Labute approximate surface area is 264 Å². The van der Waals surface area contributed by atoms with Crippen molar-refractivity contribution >= 4 is 37.9 Å². The fourth-order valence-corrected chi connectivity index (χ4v) is 8.36. The number of thiazole rings is 1. The highest BCUT2D eigenvalue weighted by molar-refractivity contribution is 7.92. The Bertz CT molecular complexity index is 1620. The molecule has 1 saturated carbocycles. The van der Waals surface area contributed by atoms with E-state index in [0.717, 1.165) is 59.2 Å². The van der Waals surface area contributed by atoms with Crippen molar-refractivity contribution in [2.24, 2.45) is 5.92 Å². The molecule has 0 bridgehead atoms. The third-order valence-electron chi connectivity index (χ3n) is 8.74. The number of nitrogens with one attached hydrogen (secondary N) is 2. The maximum Gasteiger partial charge on any atom is 0.261 e. The highest BCUT2D eigenvalue weighted by atomic mass is 32.2. The Morgan fingerprint density at radius 2 is 1.89 bits per heavy atom. The molecule has 6 rings (SSSR count). The molecule has 3 N–H and O–H groups in total. The van der Waals surface area contributed by atoms with Gasteiger partial charge in [-0.25, -0.2) is 13.4 Å². The first-order valence-electron chi connectivity index (χ1n) is 15.7. The summed E-state index contributed by atoms with van der Waals surface area (Å²) in [5, 5.41) is 14.5. The third kappa shape index (κ3) is 7.66. The molecule has 2 aliphatic rings. The normalized spacial score (nSPS) is 15.9. The van der Waals surface area contributed by atoms with Crippen LogP contribution in [-0.2, 0) is 29.3 Å². The van der Waals surface area contributed by atoms with Crippen molar-refractivity contribution in [2.75, 3.05) is 29.3 Å². The lowest BCUT2D eigenvalue weighted by Crippen LogP contribution is -2.23. The Balaban J connectivity index is 0.999. The molecule has 4 aromatic rings. The van der Waals surface area contributed by atoms with Gasteiger partial charge in [0.15, 0.2) is 5.13 Å². The number of pyridine rings is 1. The van der Waals surface area contributed by atoms with Gasteiger partial charge in [0.25, 0.3) is 10.0 Å². The lowest BCUT2D eigenvalue weighted by molar-refractivity contribution is 0.174. The minimum atomic E-state index is -3.73. The predicted octanol–water partition coefficient (Wildman–Crippen LogP) is 6.41. The summed E-state index contributed by atoms with van der Waals surface area (Å²) in [4.78, 5) is 12.6. The molecule has 0 radical (unpaired) electrons. The zero-order valence-corrected chi connectivity index (χ0v) is 26.6. The van der Waals surface area contributed by atoms with Crippen molar-refractivity contribution < 1.29 is 13.5 Å². The van der Waals surface area contributed by atoms with E-state index in [0.29, 0.717) is 18.8 Å². The van der Waals surface area contributed by atoms with Gasteiger partial charge in [-0.2, -0.15) is 0 Å². The Kier molecular flexibility index (Phi) is 9.91. The molecule has 10 heteroatoms. The van der Waals surface area contributed by atoms with E-state index in [9.17, 15) is 13.5 Å². The van der Waals surface area contributed by atoms with Crippen LogP contribution in [0.5, 0.6) is 0 Å². The van der Waals surface area contributed by atoms with Crippen molar-refractivity contribution in [1.29, 1.82) is 0 Å². The number of hydrogen-bond donors (Lipinski definition) is 3. The molecule has 1 fully saturated rings. The molecule has 8 nitrogen and oxygen atoms in total. The fourth-order valence-electron chi connectivity index (χ4n) is 6.26. The molecule has 0 spiro atoms. The Morgan fingerprint density at radius 3 is 2.68 bits per heavy atom. The number of sulfonamides is 1. The minimum absolute atomic E-state index is 0.269. The van der Waals surface area contributed by atoms with Gasteiger partial charge in [-0.15, -0.1) is 11.3 Å². The SMILES string of the molecule is O=S(=O)(Nc1ccc(CCNCC(O)c2cccnc2)cc1)c1ccc2c(c1)CCN2c1ncc(CCCC2CCCC2)s1. The largest absolute Gasteiger partial charge is 0.387 e. The van der Waals surface area contributed by atoms with Gasteiger partial charge >= 0.3 is 0 Å². The molecule has 1 unspecified atom stereocenters. The number of aliphatic hydroxyl groups is 1. The molecule has 232 valence electrons. The molecule has 44 heavy (non-hydrogen) atoms. The fraction of sp³-hybridized carbons (Fsp3) is 0.412. The smallest absolute Gasteiger partial charge is 0.261 e. The summed E-state index contributed by atoms with van der Waals surface area (Å²) in [7, 11) is -3.73. The predicted molar refractivity (Wildman–Crippen MR) is 177 cm³/mol. The van der Waals surface area contributed by atoms with E-state index in [4.69, 9.17) is 4.98 Å². The van der Waals surface area contributed by atoms with Gasteiger partial charge in [-0.1, -0.05) is 50.3 Å². The Morgan fingerprint density at radius 1 is 1.05 bits per heavy atom. The van der Waals surface area contributed by atoms with E-state index in [1.807, 2.05) is 36.5 Å². The van der Waals surface area contributed by atoms with Crippen LogP contribution in [-0.4, -0.2) is 43.1 Å². The van der Waals surface area contributed by atoms with E-state index < -0.39 is 16.1 Å². The summed E-state index contributed by atoms with van der Waals surface area (Å²) < 4.78 is 29.2. The second-order valence-electron chi connectivity index (χ2n) is 11.9. The lowest BCUT2D eigenvalue weighted by Gasteiger charge is -2.16. The van der Waals surface area contributed by atoms with Crippen LogP contribution in [0.1, 0.15) is 66.2 Å². The summed E-state index contributed by atoms with van der Waals surface area (Å²) in [6.07, 6.45) is 15.6. The van der Waals surface area contributed by atoms with Crippen LogP contribution in [0.2, 0.25) is 0 Å². The molecule has 3 heterocycles. The zero-order chi connectivity index (χ0) is 30.4. The van der Waals surface area contributed by atoms with Crippen molar-refractivity contribution in [3.63, 3.8) is 0 Å². The third-order valence-corrected chi connectivity index (χ3v) is 11.2.